The Kier molecular flexibility index (Phi) is 5.54. The van der Waals surface area contributed by atoms with Gasteiger partial charge >= 0.3 is 0 Å². The van der Waals surface area contributed by atoms with Gasteiger partial charge in [-0.1, -0.05) is 24.3 Å². The molecule has 0 saturated heterocycles. The van der Waals surface area contributed by atoms with Crippen molar-refractivity contribution in [3.8, 4) is 23.0 Å². The molecule has 33 heavy (non-hydrogen) atoms. The lowest BCUT2D eigenvalue weighted by atomic mass is 10.0. The number of nitrogens with two attached hydrogens (primary N) is 1. The Balaban J connectivity index is 1.47. The first kappa shape index (κ1) is 21.5. The first-order valence-electron chi connectivity index (χ1n) is 10.9. The average molecular weight is 446 g/mol. The molecule has 0 amide bonds. The van der Waals surface area contributed by atoms with Crippen LogP contribution in [0.1, 0.15) is 24.6 Å². The van der Waals surface area contributed by atoms with Crippen LogP contribution in [-0.4, -0.2) is 36.4 Å². The Labute approximate surface area is 192 Å². The Bertz CT molecular complexity index is 1320. The Hall–Kier alpha value is -3.39. The molecule has 7 nitrogen and oxygen atoms in total. The molecule has 1 unspecified atom stereocenters. The minimum Gasteiger partial charge on any atom is -0.493 e. The summed E-state index contributed by atoms with van der Waals surface area (Å²) in [6.07, 6.45) is 2.92. The zero-order valence-corrected chi connectivity index (χ0v) is 18.7. The maximum Gasteiger partial charge on any atom is 0.163 e. The first-order valence-corrected chi connectivity index (χ1v) is 10.9. The minimum atomic E-state index is -0.734. The van der Waals surface area contributed by atoms with E-state index < -0.39 is 6.23 Å². The minimum absolute atomic E-state index is 0.225. The lowest BCUT2D eigenvalue weighted by Crippen LogP contribution is -2.29. The summed E-state index contributed by atoms with van der Waals surface area (Å²) in [6, 6.07) is 17.2. The van der Waals surface area contributed by atoms with E-state index in [1.165, 1.54) is 0 Å². The number of methoxy groups -OCH3 is 1. The molecule has 1 aliphatic rings. The fraction of sp³-hybridized carbons (Fsp3) is 0.269. The van der Waals surface area contributed by atoms with Gasteiger partial charge in [-0.05, 0) is 54.9 Å². The average Bonchev–Trinajstić information content (AvgIpc) is 3.58. The summed E-state index contributed by atoms with van der Waals surface area (Å²) >= 11 is 0. The fourth-order valence-electron chi connectivity index (χ4n) is 3.89. The first-order chi connectivity index (χ1) is 16.0. The van der Waals surface area contributed by atoms with E-state index in [0.717, 1.165) is 40.1 Å². The summed E-state index contributed by atoms with van der Waals surface area (Å²) in [4.78, 5) is 4.49. The highest BCUT2D eigenvalue weighted by Gasteiger charge is 2.39. The molecule has 7 heteroatoms. The highest BCUT2D eigenvalue weighted by Crippen LogP contribution is 2.39. The third-order valence-corrected chi connectivity index (χ3v) is 6.08. The van der Waals surface area contributed by atoms with Crippen molar-refractivity contribution >= 4 is 21.7 Å². The molecule has 1 fully saturated rings. The molecule has 4 aromatic rings. The topological polar surface area (TPSA) is 98.9 Å². The van der Waals surface area contributed by atoms with Gasteiger partial charge in [0.2, 0.25) is 0 Å². The van der Waals surface area contributed by atoms with Crippen molar-refractivity contribution in [2.24, 2.45) is 5.73 Å². The number of aliphatic hydroxyl groups excluding tert-OH is 1. The number of hydrogen-bond acceptors (Lipinski definition) is 7. The van der Waals surface area contributed by atoms with Crippen LogP contribution in [0.3, 0.4) is 0 Å². The lowest BCUT2D eigenvalue weighted by molar-refractivity contribution is 0.151. The fourth-order valence-corrected chi connectivity index (χ4v) is 3.89. The van der Waals surface area contributed by atoms with Crippen LogP contribution in [0.2, 0.25) is 0 Å². The van der Waals surface area contributed by atoms with Crippen molar-refractivity contribution in [2.75, 3.05) is 20.8 Å². The van der Waals surface area contributed by atoms with Crippen molar-refractivity contribution in [1.82, 2.24) is 10.3 Å². The number of pyridine rings is 1. The van der Waals surface area contributed by atoms with E-state index in [0.29, 0.717) is 29.6 Å². The second kappa shape index (κ2) is 8.51. The molecule has 1 atom stereocenters. The van der Waals surface area contributed by atoms with Gasteiger partial charge in [0.1, 0.15) is 24.3 Å². The van der Waals surface area contributed by atoms with Crippen LogP contribution in [0.15, 0.2) is 60.8 Å². The summed E-state index contributed by atoms with van der Waals surface area (Å²) in [5, 5.41) is 15.9. The third-order valence-electron chi connectivity index (χ3n) is 6.08. The molecular formula is C26H27N3O4. The van der Waals surface area contributed by atoms with Gasteiger partial charge in [0.15, 0.2) is 11.5 Å². The summed E-state index contributed by atoms with van der Waals surface area (Å²) in [6.45, 7) is 0.451. The monoisotopic (exact) mass is 445 g/mol. The molecule has 1 aromatic heterocycles. The van der Waals surface area contributed by atoms with Crippen LogP contribution in [0.4, 0.5) is 0 Å². The maximum absolute atomic E-state index is 10.2. The van der Waals surface area contributed by atoms with E-state index in [4.69, 9.17) is 19.9 Å². The molecule has 170 valence electrons. The molecule has 1 aliphatic carbocycles. The molecule has 0 radical (unpaired) electrons. The number of fused-ring (bicyclic) bond motifs is 2. The van der Waals surface area contributed by atoms with Gasteiger partial charge in [-0.3, -0.25) is 10.3 Å². The molecule has 1 heterocycles. The van der Waals surface area contributed by atoms with Crippen LogP contribution in [0, 0.1) is 0 Å². The van der Waals surface area contributed by atoms with E-state index >= 15 is 0 Å². The normalized spacial score (nSPS) is 15.4. The predicted molar refractivity (Wildman–Crippen MR) is 128 cm³/mol. The van der Waals surface area contributed by atoms with Gasteiger partial charge in [-0.15, -0.1) is 0 Å². The van der Waals surface area contributed by atoms with Gasteiger partial charge in [-0.25, -0.2) is 0 Å². The van der Waals surface area contributed by atoms with E-state index in [9.17, 15) is 5.11 Å². The standard InChI is InChI=1S/C26H27N3O4/c1-28-25(30)19-5-3-4-16-12-17(6-7-18(16)19)33-22-8-11-29-21-14-24(23(31-2)13-20(21)22)32-15-26(27)9-10-26/h3-8,11-14,25,28,30H,9-10,15,27H2,1-2H3. The zero-order valence-electron chi connectivity index (χ0n) is 18.7. The number of nitrogens with zero attached hydrogens (tertiary/aromatic N) is 1. The summed E-state index contributed by atoms with van der Waals surface area (Å²) in [5.74, 6) is 2.57. The second-order valence-electron chi connectivity index (χ2n) is 8.50. The summed E-state index contributed by atoms with van der Waals surface area (Å²) < 4.78 is 17.8. The van der Waals surface area contributed by atoms with Gasteiger partial charge < -0.3 is 25.1 Å². The molecule has 4 N–H and O–H groups in total. The second-order valence-corrected chi connectivity index (χ2v) is 8.50. The highest BCUT2D eigenvalue weighted by molar-refractivity contribution is 5.89. The van der Waals surface area contributed by atoms with E-state index in [1.807, 2.05) is 54.6 Å². The Morgan fingerprint density at radius 3 is 2.67 bits per heavy atom. The smallest absolute Gasteiger partial charge is 0.163 e. The van der Waals surface area contributed by atoms with Crippen molar-refractivity contribution in [2.45, 2.75) is 24.6 Å². The third kappa shape index (κ3) is 4.30. The van der Waals surface area contributed by atoms with Gasteiger partial charge in [-0.2, -0.15) is 0 Å². The van der Waals surface area contributed by atoms with Crippen LogP contribution in [0.5, 0.6) is 23.0 Å². The number of benzene rings is 3. The Morgan fingerprint density at radius 2 is 1.91 bits per heavy atom. The Morgan fingerprint density at radius 1 is 1.06 bits per heavy atom. The number of ether oxygens (including phenoxy) is 3. The van der Waals surface area contributed by atoms with Crippen LogP contribution >= 0.6 is 0 Å². The van der Waals surface area contributed by atoms with Crippen LogP contribution in [0.25, 0.3) is 21.7 Å². The van der Waals surface area contributed by atoms with Crippen molar-refractivity contribution < 1.29 is 19.3 Å². The number of aliphatic hydroxyl groups is 1. The van der Waals surface area contributed by atoms with Crippen LogP contribution in [-0.2, 0) is 0 Å². The number of aromatic nitrogens is 1. The molecule has 3 aromatic carbocycles. The predicted octanol–water partition coefficient (Wildman–Crippen LogP) is 4.27. The summed E-state index contributed by atoms with van der Waals surface area (Å²) in [7, 11) is 3.33. The van der Waals surface area contributed by atoms with Crippen molar-refractivity contribution in [3.63, 3.8) is 0 Å². The molecular weight excluding hydrogens is 418 g/mol. The SMILES string of the molecule is CNC(O)c1cccc2cc(Oc3ccnc4cc(OCC5(N)CC5)c(OC)cc34)ccc12. The van der Waals surface area contributed by atoms with E-state index in [2.05, 4.69) is 10.3 Å². The molecule has 0 aliphatic heterocycles. The molecule has 1 saturated carbocycles. The largest absolute Gasteiger partial charge is 0.493 e. The van der Waals surface area contributed by atoms with Gasteiger partial charge in [0.05, 0.1) is 18.2 Å². The summed E-state index contributed by atoms with van der Waals surface area (Å²) in [5.41, 5.74) is 7.50. The number of nitrogens with one attached hydrogen (secondary N) is 1. The van der Waals surface area contributed by atoms with Gasteiger partial charge in [0, 0.05) is 23.2 Å². The number of hydrogen-bond donors (Lipinski definition) is 3. The van der Waals surface area contributed by atoms with Gasteiger partial charge in [0.25, 0.3) is 0 Å². The van der Waals surface area contributed by atoms with Crippen molar-refractivity contribution in [1.29, 1.82) is 0 Å². The maximum atomic E-state index is 10.2. The quantitative estimate of drug-likeness (QED) is 0.348. The number of rotatable bonds is 8. The molecule has 0 bridgehead atoms. The van der Waals surface area contributed by atoms with Crippen molar-refractivity contribution in [3.05, 3.63) is 66.4 Å². The van der Waals surface area contributed by atoms with E-state index in [1.54, 1.807) is 20.4 Å². The lowest BCUT2D eigenvalue weighted by Gasteiger charge is -2.16. The van der Waals surface area contributed by atoms with Crippen LogP contribution < -0.4 is 25.3 Å². The van der Waals surface area contributed by atoms with E-state index in [-0.39, 0.29) is 5.54 Å². The molecule has 5 rings (SSSR count). The zero-order chi connectivity index (χ0) is 23.0. The highest BCUT2D eigenvalue weighted by atomic mass is 16.5. The molecule has 0 spiro atoms.